The first-order valence-corrected chi connectivity index (χ1v) is 8.64. The quantitative estimate of drug-likeness (QED) is 0.814. The van der Waals surface area contributed by atoms with Gasteiger partial charge < -0.3 is 5.32 Å². The molecule has 1 aromatic carbocycles. The molecule has 1 heterocycles. The summed E-state index contributed by atoms with van der Waals surface area (Å²) in [4.78, 5) is 13.4. The summed E-state index contributed by atoms with van der Waals surface area (Å²) in [6, 6.07) is 6.39. The van der Waals surface area contributed by atoms with Gasteiger partial charge in [0.1, 0.15) is 11.1 Å². The van der Waals surface area contributed by atoms with Crippen molar-refractivity contribution in [1.82, 2.24) is 0 Å². The fourth-order valence-electron chi connectivity index (χ4n) is 2.97. The van der Waals surface area contributed by atoms with Gasteiger partial charge in [-0.25, -0.2) is 0 Å². The minimum atomic E-state index is -4.51. The molecule has 25 heavy (non-hydrogen) atoms. The molecular formula is C18H15F3N2OS. The fraction of sp³-hybridized carbons (Fsp3) is 0.333. The monoisotopic (exact) mass is 364 g/mol. The van der Waals surface area contributed by atoms with Crippen molar-refractivity contribution in [2.45, 2.75) is 32.4 Å². The number of nitriles is 1. The second-order valence-corrected chi connectivity index (χ2v) is 7.31. The van der Waals surface area contributed by atoms with Crippen LogP contribution in [0.25, 0.3) is 0 Å². The van der Waals surface area contributed by atoms with Crippen LogP contribution in [0.3, 0.4) is 0 Å². The van der Waals surface area contributed by atoms with Crippen LogP contribution in [0, 0.1) is 17.2 Å². The maximum Gasteiger partial charge on any atom is 0.416 e. The maximum absolute atomic E-state index is 12.8. The molecule has 0 radical (unpaired) electrons. The summed E-state index contributed by atoms with van der Waals surface area (Å²) in [6.07, 6.45) is -1.88. The van der Waals surface area contributed by atoms with Crippen LogP contribution >= 0.6 is 11.3 Å². The molecule has 1 unspecified atom stereocenters. The molecular weight excluding hydrogens is 349 g/mol. The molecule has 0 spiro atoms. The molecule has 0 aliphatic heterocycles. The van der Waals surface area contributed by atoms with Crippen molar-refractivity contribution in [3.8, 4) is 6.07 Å². The molecule has 0 fully saturated rings. The third-order valence-corrected chi connectivity index (χ3v) is 5.47. The predicted octanol–water partition coefficient (Wildman–Crippen LogP) is 5.02. The number of hydrogen-bond donors (Lipinski definition) is 1. The highest BCUT2D eigenvalue weighted by Gasteiger charge is 2.31. The number of thiophene rings is 1. The van der Waals surface area contributed by atoms with E-state index in [1.165, 1.54) is 23.5 Å². The number of amides is 1. The Labute approximate surface area is 147 Å². The molecule has 130 valence electrons. The first-order valence-electron chi connectivity index (χ1n) is 7.83. The minimum absolute atomic E-state index is 0.0848. The zero-order valence-electron chi connectivity index (χ0n) is 13.4. The van der Waals surface area contributed by atoms with Crippen molar-refractivity contribution in [3.63, 3.8) is 0 Å². The van der Waals surface area contributed by atoms with E-state index in [0.29, 0.717) is 16.5 Å². The van der Waals surface area contributed by atoms with Crippen LogP contribution < -0.4 is 5.32 Å². The average molecular weight is 364 g/mol. The molecule has 0 saturated heterocycles. The Bertz CT molecular complexity index is 864. The van der Waals surface area contributed by atoms with Crippen molar-refractivity contribution in [1.29, 1.82) is 5.26 Å². The van der Waals surface area contributed by atoms with E-state index in [2.05, 4.69) is 18.3 Å². The van der Waals surface area contributed by atoms with Crippen molar-refractivity contribution < 1.29 is 18.0 Å². The van der Waals surface area contributed by atoms with Gasteiger partial charge >= 0.3 is 6.18 Å². The van der Waals surface area contributed by atoms with Crippen LogP contribution in [0.15, 0.2) is 24.3 Å². The number of carbonyl (C=O) groups is 1. The molecule has 3 rings (SSSR count). The van der Waals surface area contributed by atoms with Gasteiger partial charge in [0.05, 0.1) is 11.1 Å². The highest BCUT2D eigenvalue weighted by molar-refractivity contribution is 7.16. The normalized spacial score (nSPS) is 16.8. The number of alkyl halides is 3. The molecule has 1 aliphatic rings. The lowest BCUT2D eigenvalue weighted by Gasteiger charge is -2.17. The molecule has 0 bridgehead atoms. The van der Waals surface area contributed by atoms with Gasteiger partial charge in [-0.2, -0.15) is 18.4 Å². The van der Waals surface area contributed by atoms with Crippen molar-refractivity contribution >= 4 is 22.2 Å². The summed E-state index contributed by atoms with van der Waals surface area (Å²) >= 11 is 1.35. The third-order valence-electron chi connectivity index (χ3n) is 4.30. The van der Waals surface area contributed by atoms with Gasteiger partial charge in [-0.15, -0.1) is 11.3 Å². The summed E-state index contributed by atoms with van der Waals surface area (Å²) in [5.74, 6) is -0.126. The third kappa shape index (κ3) is 3.54. The number of carbonyl (C=O) groups excluding carboxylic acids is 1. The summed E-state index contributed by atoms with van der Waals surface area (Å²) < 4.78 is 38.4. The van der Waals surface area contributed by atoms with E-state index in [0.717, 1.165) is 41.8 Å². The van der Waals surface area contributed by atoms with Crippen LogP contribution in [-0.4, -0.2) is 5.91 Å². The van der Waals surface area contributed by atoms with Gasteiger partial charge in [0.15, 0.2) is 0 Å². The lowest BCUT2D eigenvalue weighted by molar-refractivity contribution is -0.137. The molecule has 1 N–H and O–H groups in total. The van der Waals surface area contributed by atoms with Crippen molar-refractivity contribution in [2.24, 2.45) is 5.92 Å². The Kier molecular flexibility index (Phi) is 4.56. The standard InChI is InChI=1S/C18H15F3N2OS/c1-10-5-6-13-14(9-22)17(25-15(13)7-10)23-16(24)11-3-2-4-12(8-11)18(19,20)21/h2-4,8,10H,5-7H2,1H3,(H,23,24). The van der Waals surface area contributed by atoms with E-state index in [-0.39, 0.29) is 5.56 Å². The molecule has 3 nitrogen and oxygen atoms in total. The second kappa shape index (κ2) is 6.52. The Hall–Kier alpha value is -2.33. The average Bonchev–Trinajstić information content (AvgIpc) is 2.90. The van der Waals surface area contributed by atoms with Crippen molar-refractivity contribution in [3.05, 3.63) is 51.4 Å². The van der Waals surface area contributed by atoms with E-state index in [9.17, 15) is 23.2 Å². The number of halogens is 3. The molecule has 1 atom stereocenters. The zero-order chi connectivity index (χ0) is 18.2. The summed E-state index contributed by atoms with van der Waals surface area (Å²) in [6.45, 7) is 2.13. The smallest absolute Gasteiger partial charge is 0.312 e. The Balaban J connectivity index is 1.88. The molecule has 0 saturated carbocycles. The molecule has 1 aromatic heterocycles. The van der Waals surface area contributed by atoms with E-state index in [4.69, 9.17) is 0 Å². The van der Waals surface area contributed by atoms with Crippen LogP contribution in [0.1, 0.15) is 45.3 Å². The number of rotatable bonds is 2. The highest BCUT2D eigenvalue weighted by atomic mass is 32.1. The first-order chi connectivity index (χ1) is 11.8. The first kappa shape index (κ1) is 17.5. The largest absolute Gasteiger partial charge is 0.416 e. The molecule has 1 aliphatic carbocycles. The Morgan fingerprint density at radius 3 is 2.84 bits per heavy atom. The van der Waals surface area contributed by atoms with E-state index in [1.54, 1.807) is 0 Å². The number of nitrogens with zero attached hydrogens (tertiary/aromatic N) is 1. The topological polar surface area (TPSA) is 52.9 Å². The van der Waals surface area contributed by atoms with Gasteiger partial charge in [-0.3, -0.25) is 4.79 Å². The summed E-state index contributed by atoms with van der Waals surface area (Å²) in [7, 11) is 0. The zero-order valence-corrected chi connectivity index (χ0v) is 14.2. The number of anilines is 1. The molecule has 1 amide bonds. The maximum atomic E-state index is 12.8. The van der Waals surface area contributed by atoms with Gasteiger partial charge in [0.2, 0.25) is 0 Å². The predicted molar refractivity (Wildman–Crippen MR) is 89.6 cm³/mol. The minimum Gasteiger partial charge on any atom is -0.312 e. The van der Waals surface area contributed by atoms with Crippen LogP contribution in [0.4, 0.5) is 18.2 Å². The summed E-state index contributed by atoms with van der Waals surface area (Å²) in [5.41, 5.74) is 0.440. The molecule has 7 heteroatoms. The van der Waals surface area contributed by atoms with Gasteiger partial charge in [0, 0.05) is 10.4 Å². The fourth-order valence-corrected chi connectivity index (χ4v) is 4.33. The van der Waals surface area contributed by atoms with Crippen LogP contribution in [0.5, 0.6) is 0 Å². The highest BCUT2D eigenvalue weighted by Crippen LogP contribution is 2.39. The Morgan fingerprint density at radius 2 is 2.16 bits per heavy atom. The van der Waals surface area contributed by atoms with Crippen LogP contribution in [0.2, 0.25) is 0 Å². The number of nitrogens with one attached hydrogen (secondary N) is 1. The number of hydrogen-bond acceptors (Lipinski definition) is 3. The lowest BCUT2D eigenvalue weighted by atomic mass is 9.88. The lowest BCUT2D eigenvalue weighted by Crippen LogP contribution is -2.14. The van der Waals surface area contributed by atoms with Gasteiger partial charge in [-0.1, -0.05) is 13.0 Å². The van der Waals surface area contributed by atoms with Crippen LogP contribution in [-0.2, 0) is 19.0 Å². The van der Waals surface area contributed by atoms with Gasteiger partial charge in [-0.05, 0) is 48.9 Å². The summed E-state index contributed by atoms with van der Waals surface area (Å²) in [5, 5.41) is 12.5. The number of fused-ring (bicyclic) bond motifs is 1. The Morgan fingerprint density at radius 1 is 1.40 bits per heavy atom. The van der Waals surface area contributed by atoms with E-state index >= 15 is 0 Å². The number of benzene rings is 1. The van der Waals surface area contributed by atoms with Crippen molar-refractivity contribution in [2.75, 3.05) is 5.32 Å². The van der Waals surface area contributed by atoms with Gasteiger partial charge in [0.25, 0.3) is 5.91 Å². The SMILES string of the molecule is CC1CCc2c(sc(NC(=O)c3cccc(C(F)(F)F)c3)c2C#N)C1. The second-order valence-electron chi connectivity index (χ2n) is 6.20. The van der Waals surface area contributed by atoms with E-state index < -0.39 is 17.6 Å². The van der Waals surface area contributed by atoms with E-state index in [1.807, 2.05) is 0 Å². The molecule has 2 aromatic rings.